The molecule has 0 atom stereocenters. The summed E-state index contributed by atoms with van der Waals surface area (Å²) in [6.07, 6.45) is 1.68. The van der Waals surface area contributed by atoms with Crippen LogP contribution in [0.5, 0.6) is 0 Å². The summed E-state index contributed by atoms with van der Waals surface area (Å²) < 4.78 is 5.28. The molecule has 0 aliphatic rings. The Bertz CT molecular complexity index is 802. The molecule has 1 N–H and O–H groups in total. The van der Waals surface area contributed by atoms with Crippen LogP contribution in [0.25, 0.3) is 0 Å². The second kappa shape index (κ2) is 10.9. The fourth-order valence-corrected chi connectivity index (χ4v) is 4.23. The maximum Gasteiger partial charge on any atom is 0.251 e. The van der Waals surface area contributed by atoms with Gasteiger partial charge in [0, 0.05) is 29.4 Å². The lowest BCUT2D eigenvalue weighted by molar-refractivity contribution is 0.0956. The van der Waals surface area contributed by atoms with Crippen LogP contribution < -0.4 is 5.32 Å². The van der Waals surface area contributed by atoms with Crippen molar-refractivity contribution in [2.75, 3.05) is 12.3 Å². The quantitative estimate of drug-likeness (QED) is 0.467. The Morgan fingerprint density at radius 2 is 1.56 bits per heavy atom. The van der Waals surface area contributed by atoms with Gasteiger partial charge >= 0.3 is 0 Å². The second-order valence-corrected chi connectivity index (χ2v) is 8.15. The lowest BCUT2D eigenvalue weighted by Gasteiger charge is -2.06. The molecule has 0 bridgehead atoms. The van der Waals surface area contributed by atoms with Crippen molar-refractivity contribution in [3.05, 3.63) is 95.4 Å². The highest BCUT2D eigenvalue weighted by Crippen LogP contribution is 2.18. The van der Waals surface area contributed by atoms with Crippen molar-refractivity contribution in [3.8, 4) is 0 Å². The maximum atomic E-state index is 12.2. The van der Waals surface area contributed by atoms with Crippen molar-refractivity contribution in [3.63, 3.8) is 0 Å². The lowest BCUT2D eigenvalue weighted by atomic mass is 10.1. The molecule has 3 aromatic rings. The number of amides is 1. The average molecular weight is 398 g/mol. The Morgan fingerprint density at radius 3 is 2.26 bits per heavy atom. The van der Waals surface area contributed by atoms with E-state index < -0.39 is 0 Å². The van der Waals surface area contributed by atoms with E-state index in [-0.39, 0.29) is 5.91 Å². The van der Waals surface area contributed by atoms with Crippen molar-refractivity contribution in [2.24, 2.45) is 0 Å². The van der Waals surface area contributed by atoms with Crippen LogP contribution in [-0.2, 0) is 17.3 Å². The number of benzene rings is 2. The monoisotopic (exact) mass is 397 g/mol. The molecular formula is C22H23NO2S2. The molecule has 5 heteroatoms. The predicted molar refractivity (Wildman–Crippen MR) is 115 cm³/mol. The van der Waals surface area contributed by atoms with Crippen LogP contribution in [0.2, 0.25) is 0 Å². The van der Waals surface area contributed by atoms with Crippen molar-refractivity contribution >= 4 is 29.4 Å². The fraction of sp³-hybridized carbons (Fsp3) is 0.227. The van der Waals surface area contributed by atoms with Gasteiger partial charge in [0.25, 0.3) is 5.91 Å². The first-order valence-corrected chi connectivity index (χ1v) is 11.2. The minimum atomic E-state index is -0.0166. The molecular weight excluding hydrogens is 374 g/mol. The highest BCUT2D eigenvalue weighted by atomic mass is 32.2. The lowest BCUT2D eigenvalue weighted by Crippen LogP contribution is -2.25. The molecule has 3 nitrogen and oxygen atoms in total. The summed E-state index contributed by atoms with van der Waals surface area (Å²) >= 11 is 3.63. The molecule has 0 saturated heterocycles. The van der Waals surface area contributed by atoms with Crippen LogP contribution in [0, 0.1) is 0 Å². The number of carbonyl (C=O) groups is 1. The van der Waals surface area contributed by atoms with Gasteiger partial charge in [0.15, 0.2) is 0 Å². The van der Waals surface area contributed by atoms with Crippen molar-refractivity contribution < 1.29 is 9.21 Å². The fourth-order valence-electron chi connectivity index (χ4n) is 2.52. The van der Waals surface area contributed by atoms with Gasteiger partial charge in [-0.25, -0.2) is 0 Å². The molecule has 1 amide bonds. The van der Waals surface area contributed by atoms with E-state index >= 15 is 0 Å². The molecule has 140 valence electrons. The summed E-state index contributed by atoms with van der Waals surface area (Å²) in [6.45, 7) is 0.652. The Labute approximate surface area is 168 Å². The number of thioether (sulfide) groups is 2. The second-order valence-electron chi connectivity index (χ2n) is 6.06. The van der Waals surface area contributed by atoms with Gasteiger partial charge in [-0.05, 0) is 35.4 Å². The summed E-state index contributed by atoms with van der Waals surface area (Å²) in [5, 5.41) is 2.97. The van der Waals surface area contributed by atoms with E-state index in [2.05, 4.69) is 29.6 Å². The Hall–Kier alpha value is -2.11. The molecule has 0 aliphatic heterocycles. The molecule has 2 aromatic carbocycles. The zero-order chi connectivity index (χ0) is 18.7. The Morgan fingerprint density at radius 1 is 0.815 bits per heavy atom. The average Bonchev–Trinajstić information content (AvgIpc) is 3.22. The SMILES string of the molecule is O=C(NCCSCc1ccco1)c1ccc(CSCc2ccccc2)cc1. The van der Waals surface area contributed by atoms with Gasteiger partial charge in [-0.3, -0.25) is 4.79 Å². The third-order valence-corrected chi connectivity index (χ3v) is 6.01. The first-order valence-electron chi connectivity index (χ1n) is 8.90. The van der Waals surface area contributed by atoms with Crippen LogP contribution >= 0.6 is 23.5 Å². The first-order chi connectivity index (χ1) is 13.3. The van der Waals surface area contributed by atoms with Crippen molar-refractivity contribution in [1.29, 1.82) is 0 Å². The Balaban J connectivity index is 1.34. The normalized spacial score (nSPS) is 10.7. The van der Waals surface area contributed by atoms with Crippen molar-refractivity contribution in [1.82, 2.24) is 5.32 Å². The maximum absolute atomic E-state index is 12.2. The smallest absolute Gasteiger partial charge is 0.251 e. The highest BCUT2D eigenvalue weighted by Gasteiger charge is 2.05. The number of furan rings is 1. The van der Waals surface area contributed by atoms with E-state index in [0.29, 0.717) is 12.1 Å². The molecule has 0 spiro atoms. The number of carbonyl (C=O) groups excluding carboxylic acids is 1. The van der Waals surface area contributed by atoms with Gasteiger partial charge in [0.1, 0.15) is 5.76 Å². The molecule has 27 heavy (non-hydrogen) atoms. The van der Waals surface area contributed by atoms with Crippen LogP contribution in [-0.4, -0.2) is 18.2 Å². The predicted octanol–water partition coefficient (Wildman–Crippen LogP) is 5.38. The summed E-state index contributed by atoms with van der Waals surface area (Å²) in [4.78, 5) is 12.2. The van der Waals surface area contributed by atoms with Crippen LogP contribution in [0.15, 0.2) is 77.4 Å². The summed E-state index contributed by atoms with van der Waals surface area (Å²) in [6, 6.07) is 22.2. The molecule has 0 saturated carbocycles. The minimum Gasteiger partial charge on any atom is -0.468 e. The Kier molecular flexibility index (Phi) is 7.93. The molecule has 0 aliphatic carbocycles. The zero-order valence-electron chi connectivity index (χ0n) is 15.1. The summed E-state index contributed by atoms with van der Waals surface area (Å²) in [7, 11) is 0. The topological polar surface area (TPSA) is 42.2 Å². The molecule has 3 rings (SSSR count). The molecule has 0 unspecified atom stereocenters. The van der Waals surface area contributed by atoms with Gasteiger partial charge < -0.3 is 9.73 Å². The molecule has 1 aromatic heterocycles. The standard InChI is InChI=1S/C22H23NO2S2/c24-22(23-12-14-26-17-21-7-4-13-25-21)20-10-8-19(9-11-20)16-27-15-18-5-2-1-3-6-18/h1-11,13H,12,14-17H2,(H,23,24). The number of rotatable bonds is 10. The van der Waals surface area contributed by atoms with E-state index in [4.69, 9.17) is 4.42 Å². The van der Waals surface area contributed by atoms with Crippen LogP contribution in [0.4, 0.5) is 0 Å². The molecule has 1 heterocycles. The highest BCUT2D eigenvalue weighted by molar-refractivity contribution is 7.98. The minimum absolute atomic E-state index is 0.0166. The van der Waals surface area contributed by atoms with E-state index in [1.807, 2.05) is 54.2 Å². The summed E-state index contributed by atoms with van der Waals surface area (Å²) in [5.74, 6) is 4.59. The van der Waals surface area contributed by atoms with Crippen molar-refractivity contribution in [2.45, 2.75) is 17.3 Å². The first kappa shape index (κ1) is 19.6. The van der Waals surface area contributed by atoms with Gasteiger partial charge in [-0.2, -0.15) is 23.5 Å². The van der Waals surface area contributed by atoms with Gasteiger partial charge in [-0.1, -0.05) is 42.5 Å². The third-order valence-electron chi connectivity index (χ3n) is 3.95. The van der Waals surface area contributed by atoms with E-state index in [9.17, 15) is 4.79 Å². The number of hydrogen-bond donors (Lipinski definition) is 1. The third kappa shape index (κ3) is 6.85. The van der Waals surface area contributed by atoms with E-state index in [1.165, 1.54) is 11.1 Å². The van der Waals surface area contributed by atoms with E-state index in [0.717, 1.165) is 28.8 Å². The van der Waals surface area contributed by atoms with Crippen LogP contribution in [0.1, 0.15) is 27.2 Å². The van der Waals surface area contributed by atoms with E-state index in [1.54, 1.807) is 18.0 Å². The number of hydrogen-bond acceptors (Lipinski definition) is 4. The largest absolute Gasteiger partial charge is 0.468 e. The van der Waals surface area contributed by atoms with Gasteiger partial charge in [0.2, 0.25) is 0 Å². The zero-order valence-corrected chi connectivity index (χ0v) is 16.7. The van der Waals surface area contributed by atoms with Gasteiger partial charge in [0.05, 0.1) is 12.0 Å². The molecule has 0 radical (unpaired) electrons. The van der Waals surface area contributed by atoms with Gasteiger partial charge in [-0.15, -0.1) is 0 Å². The van der Waals surface area contributed by atoms with Crippen LogP contribution in [0.3, 0.4) is 0 Å². The summed E-state index contributed by atoms with van der Waals surface area (Å²) in [5.41, 5.74) is 3.28. The molecule has 0 fully saturated rings. The number of nitrogens with one attached hydrogen (secondary N) is 1.